The molecule has 2 heterocycles. The summed E-state index contributed by atoms with van der Waals surface area (Å²) in [6.07, 6.45) is 5.34. The molecule has 102 valence electrons. The van der Waals surface area contributed by atoms with Gasteiger partial charge >= 0.3 is 5.97 Å². The lowest BCUT2D eigenvalue weighted by Crippen LogP contribution is -3.13. The van der Waals surface area contributed by atoms with Gasteiger partial charge in [-0.05, 0) is 38.3 Å². The van der Waals surface area contributed by atoms with Crippen molar-refractivity contribution in [2.45, 2.75) is 32.3 Å². The number of nitrogens with one attached hydrogen (secondary N) is 1. The Balaban J connectivity index is 0.00000162. The molecule has 1 fully saturated rings. The van der Waals surface area contributed by atoms with Gasteiger partial charge in [-0.15, -0.1) is 0 Å². The standard InChI is InChI=1S/C13H19NO3.ClH/c1-11(10-14-7-3-2-4-8-14)17-13(15)12-6-5-9-16-12;/h5-6,9,11H,2-4,7-8,10H2,1H3;1H. The summed E-state index contributed by atoms with van der Waals surface area (Å²) in [5.41, 5.74) is 0. The first-order valence-electron chi connectivity index (χ1n) is 6.34. The monoisotopic (exact) mass is 273 g/mol. The number of likely N-dealkylation sites (tertiary alicyclic amines) is 1. The predicted molar refractivity (Wildman–Crippen MR) is 63.0 cm³/mol. The summed E-state index contributed by atoms with van der Waals surface area (Å²) in [4.78, 5) is 13.2. The Hall–Kier alpha value is -1.00. The molecule has 18 heavy (non-hydrogen) atoms. The summed E-state index contributed by atoms with van der Waals surface area (Å²) in [6, 6.07) is 3.32. The largest absolute Gasteiger partial charge is 1.00 e. The SMILES string of the molecule is CC(C[NH+]1CCCCC1)OC(=O)c1ccco1.[Cl-]. The average Bonchev–Trinajstić information content (AvgIpc) is 2.83. The highest BCUT2D eigenvalue weighted by atomic mass is 35.5. The maximum absolute atomic E-state index is 11.6. The van der Waals surface area contributed by atoms with Crippen molar-refractivity contribution in [3.63, 3.8) is 0 Å². The van der Waals surface area contributed by atoms with Gasteiger partial charge in [-0.3, -0.25) is 0 Å². The Morgan fingerprint density at radius 2 is 2.17 bits per heavy atom. The highest BCUT2D eigenvalue weighted by molar-refractivity contribution is 5.86. The fourth-order valence-electron chi connectivity index (χ4n) is 2.34. The van der Waals surface area contributed by atoms with Crippen LogP contribution in [0.2, 0.25) is 0 Å². The summed E-state index contributed by atoms with van der Waals surface area (Å²) < 4.78 is 10.3. The van der Waals surface area contributed by atoms with Crippen molar-refractivity contribution in [2.75, 3.05) is 19.6 Å². The van der Waals surface area contributed by atoms with Crippen molar-refractivity contribution in [1.82, 2.24) is 0 Å². The van der Waals surface area contributed by atoms with Gasteiger partial charge in [0, 0.05) is 0 Å². The lowest BCUT2D eigenvalue weighted by atomic mass is 10.1. The highest BCUT2D eigenvalue weighted by Crippen LogP contribution is 2.04. The van der Waals surface area contributed by atoms with E-state index in [9.17, 15) is 4.79 Å². The molecule has 0 saturated carbocycles. The Morgan fingerprint density at radius 1 is 1.44 bits per heavy atom. The van der Waals surface area contributed by atoms with Crippen molar-refractivity contribution >= 4 is 5.97 Å². The molecule has 1 aliphatic heterocycles. The molecular weight excluding hydrogens is 254 g/mol. The van der Waals surface area contributed by atoms with E-state index >= 15 is 0 Å². The number of esters is 1. The van der Waals surface area contributed by atoms with E-state index in [2.05, 4.69) is 0 Å². The molecule has 1 saturated heterocycles. The summed E-state index contributed by atoms with van der Waals surface area (Å²) in [7, 11) is 0. The second kappa shape index (κ2) is 7.44. The molecule has 5 heteroatoms. The van der Waals surface area contributed by atoms with E-state index in [0.717, 1.165) is 6.54 Å². The first-order valence-corrected chi connectivity index (χ1v) is 6.34. The number of quaternary nitrogens is 1. The molecule has 0 bridgehead atoms. The van der Waals surface area contributed by atoms with Crippen LogP contribution in [0.4, 0.5) is 0 Å². The van der Waals surface area contributed by atoms with Gasteiger partial charge in [0.05, 0.1) is 19.4 Å². The van der Waals surface area contributed by atoms with Gasteiger partial charge in [-0.2, -0.15) is 0 Å². The van der Waals surface area contributed by atoms with Gasteiger partial charge in [0.2, 0.25) is 5.76 Å². The molecule has 1 unspecified atom stereocenters. The minimum absolute atomic E-state index is 0. The lowest BCUT2D eigenvalue weighted by Gasteiger charge is -2.25. The second-order valence-electron chi connectivity index (χ2n) is 4.71. The van der Waals surface area contributed by atoms with Crippen LogP contribution in [-0.2, 0) is 4.74 Å². The topological polar surface area (TPSA) is 43.9 Å². The van der Waals surface area contributed by atoms with Crippen LogP contribution in [0.1, 0.15) is 36.7 Å². The molecular formula is C13H20ClNO3. The Morgan fingerprint density at radius 3 is 2.78 bits per heavy atom. The molecule has 1 aliphatic rings. The number of carbonyl (C=O) groups excluding carboxylic acids is 1. The molecule has 1 N–H and O–H groups in total. The first-order chi connectivity index (χ1) is 8.25. The van der Waals surface area contributed by atoms with Gasteiger partial charge in [-0.25, -0.2) is 4.79 Å². The smallest absolute Gasteiger partial charge is 0.374 e. The molecule has 0 radical (unpaired) electrons. The van der Waals surface area contributed by atoms with Gasteiger partial charge in [0.15, 0.2) is 0 Å². The molecule has 0 aliphatic carbocycles. The lowest BCUT2D eigenvalue weighted by molar-refractivity contribution is -0.907. The summed E-state index contributed by atoms with van der Waals surface area (Å²) in [5.74, 6) is -0.0793. The van der Waals surface area contributed by atoms with Crippen LogP contribution >= 0.6 is 0 Å². The van der Waals surface area contributed by atoms with Crippen molar-refractivity contribution in [2.24, 2.45) is 0 Å². The number of carbonyl (C=O) groups is 1. The normalized spacial score (nSPS) is 17.8. The minimum Gasteiger partial charge on any atom is -1.00 e. The minimum atomic E-state index is -0.362. The van der Waals surface area contributed by atoms with Gasteiger partial charge in [0.25, 0.3) is 0 Å². The van der Waals surface area contributed by atoms with Crippen LogP contribution in [0.3, 0.4) is 0 Å². The zero-order valence-electron chi connectivity index (χ0n) is 10.7. The Bertz CT molecular complexity index is 347. The first kappa shape index (κ1) is 15.1. The molecule has 0 aromatic carbocycles. The van der Waals surface area contributed by atoms with Crippen LogP contribution in [-0.4, -0.2) is 31.7 Å². The van der Waals surface area contributed by atoms with Crippen LogP contribution in [0, 0.1) is 0 Å². The number of furan rings is 1. The summed E-state index contributed by atoms with van der Waals surface area (Å²) in [6.45, 7) is 5.24. The van der Waals surface area contributed by atoms with E-state index < -0.39 is 0 Å². The third kappa shape index (κ3) is 4.35. The Kier molecular flexibility index (Phi) is 6.22. The quantitative estimate of drug-likeness (QED) is 0.639. The molecule has 2 rings (SSSR count). The van der Waals surface area contributed by atoms with E-state index in [1.54, 1.807) is 12.1 Å². The summed E-state index contributed by atoms with van der Waals surface area (Å²) >= 11 is 0. The fraction of sp³-hybridized carbons (Fsp3) is 0.615. The average molecular weight is 274 g/mol. The molecule has 1 atom stereocenters. The van der Waals surface area contributed by atoms with Gasteiger partial charge in [-0.1, -0.05) is 0 Å². The van der Waals surface area contributed by atoms with Crippen LogP contribution < -0.4 is 17.3 Å². The van der Waals surface area contributed by atoms with Crippen molar-refractivity contribution in [1.29, 1.82) is 0 Å². The van der Waals surface area contributed by atoms with E-state index in [0.29, 0.717) is 0 Å². The van der Waals surface area contributed by atoms with E-state index in [4.69, 9.17) is 9.15 Å². The maximum Gasteiger partial charge on any atom is 0.374 e. The number of hydrogen-bond donors (Lipinski definition) is 1. The van der Waals surface area contributed by atoms with Crippen molar-refractivity contribution in [3.05, 3.63) is 24.2 Å². The van der Waals surface area contributed by atoms with Crippen molar-refractivity contribution in [3.8, 4) is 0 Å². The van der Waals surface area contributed by atoms with E-state index in [1.165, 1.54) is 43.5 Å². The number of piperidine rings is 1. The molecule has 4 nitrogen and oxygen atoms in total. The third-order valence-corrected chi connectivity index (χ3v) is 3.17. The molecule has 1 aromatic rings. The Labute approximate surface area is 114 Å². The molecule has 1 aromatic heterocycles. The summed E-state index contributed by atoms with van der Waals surface area (Å²) in [5, 5.41) is 0. The van der Waals surface area contributed by atoms with Crippen molar-refractivity contribution < 1.29 is 31.3 Å². The van der Waals surface area contributed by atoms with E-state index in [-0.39, 0.29) is 30.2 Å². The second-order valence-corrected chi connectivity index (χ2v) is 4.71. The zero-order valence-corrected chi connectivity index (χ0v) is 11.4. The molecule has 0 amide bonds. The number of rotatable bonds is 4. The number of ether oxygens (including phenoxy) is 1. The van der Waals surface area contributed by atoms with Gasteiger partial charge in [0.1, 0.15) is 12.6 Å². The van der Waals surface area contributed by atoms with Gasteiger partial charge < -0.3 is 26.5 Å². The highest BCUT2D eigenvalue weighted by Gasteiger charge is 2.20. The van der Waals surface area contributed by atoms with Crippen LogP contribution in [0.15, 0.2) is 22.8 Å². The van der Waals surface area contributed by atoms with Crippen LogP contribution in [0.25, 0.3) is 0 Å². The number of hydrogen-bond acceptors (Lipinski definition) is 3. The molecule has 0 spiro atoms. The fourth-order valence-corrected chi connectivity index (χ4v) is 2.34. The number of halogens is 1. The zero-order chi connectivity index (χ0) is 12.1. The third-order valence-electron chi connectivity index (χ3n) is 3.17. The van der Waals surface area contributed by atoms with Crippen LogP contribution in [0.5, 0.6) is 0 Å². The predicted octanol–water partition coefficient (Wildman–Crippen LogP) is -2.10. The maximum atomic E-state index is 11.6. The van der Waals surface area contributed by atoms with E-state index in [1.807, 2.05) is 6.92 Å².